The molecule has 0 spiro atoms. The van der Waals surface area contributed by atoms with Gasteiger partial charge in [0.1, 0.15) is 6.04 Å². The predicted molar refractivity (Wildman–Crippen MR) is 117 cm³/mol. The molecule has 28 heavy (non-hydrogen) atoms. The number of rotatable bonds is 11. The van der Waals surface area contributed by atoms with Crippen molar-refractivity contribution in [1.82, 2.24) is 10.2 Å². The number of hydrogen-bond acceptors (Lipinski definition) is 3. The first kappa shape index (κ1) is 22.0. The second-order valence-corrected chi connectivity index (χ2v) is 7.61. The minimum atomic E-state index is -0.423. The van der Waals surface area contributed by atoms with Crippen LogP contribution in [0.25, 0.3) is 0 Å². The van der Waals surface area contributed by atoms with Gasteiger partial charge in [-0.15, -0.1) is 11.8 Å². The van der Waals surface area contributed by atoms with Crippen LogP contribution in [-0.4, -0.2) is 41.6 Å². The normalized spacial score (nSPS) is 11.6. The summed E-state index contributed by atoms with van der Waals surface area (Å²) in [5, 5.41) is 2.87. The van der Waals surface area contributed by atoms with Gasteiger partial charge in [0, 0.05) is 18.8 Å². The van der Waals surface area contributed by atoms with Crippen LogP contribution in [-0.2, 0) is 21.8 Å². The van der Waals surface area contributed by atoms with E-state index in [1.165, 1.54) is 11.1 Å². The van der Waals surface area contributed by atoms with Gasteiger partial charge in [0.25, 0.3) is 0 Å². The Kier molecular flexibility index (Phi) is 9.63. The Hall–Kier alpha value is -2.27. The molecule has 0 unspecified atom stereocenters. The number of amides is 2. The van der Waals surface area contributed by atoms with Gasteiger partial charge in [-0.1, -0.05) is 67.6 Å². The van der Waals surface area contributed by atoms with E-state index >= 15 is 0 Å². The first-order valence-electron chi connectivity index (χ1n) is 9.88. The van der Waals surface area contributed by atoms with Crippen LogP contribution in [0.2, 0.25) is 0 Å². The van der Waals surface area contributed by atoms with Crippen LogP contribution in [0.15, 0.2) is 60.7 Å². The van der Waals surface area contributed by atoms with Gasteiger partial charge in [0.05, 0.1) is 5.75 Å². The number of likely N-dealkylation sites (N-methyl/N-ethyl adjacent to an activating group) is 1. The highest BCUT2D eigenvalue weighted by Gasteiger charge is 2.27. The third kappa shape index (κ3) is 7.04. The topological polar surface area (TPSA) is 49.4 Å². The number of nitrogens with zero attached hydrogens (tertiary/aromatic N) is 1. The van der Waals surface area contributed by atoms with Crippen LogP contribution in [0.4, 0.5) is 0 Å². The molecular weight excluding hydrogens is 368 g/mol. The van der Waals surface area contributed by atoms with E-state index in [2.05, 4.69) is 29.6 Å². The van der Waals surface area contributed by atoms with Gasteiger partial charge >= 0.3 is 0 Å². The summed E-state index contributed by atoms with van der Waals surface area (Å²) in [6.45, 7) is 4.97. The smallest absolute Gasteiger partial charge is 0.242 e. The maximum absolute atomic E-state index is 13.0. The molecule has 0 radical (unpaired) electrons. The zero-order chi connectivity index (χ0) is 20.2. The number of hydrogen-bond donors (Lipinski definition) is 1. The predicted octanol–water partition coefficient (Wildman–Crippen LogP) is 3.91. The number of benzene rings is 2. The Morgan fingerprint density at radius 1 is 0.964 bits per heavy atom. The molecule has 2 amide bonds. The fourth-order valence-corrected chi connectivity index (χ4v) is 3.97. The van der Waals surface area contributed by atoms with Gasteiger partial charge in [-0.2, -0.15) is 0 Å². The summed E-state index contributed by atoms with van der Waals surface area (Å²) >= 11 is 1.59. The summed E-state index contributed by atoms with van der Waals surface area (Å²) in [6.07, 6.45) is 1.35. The fraction of sp³-hybridized carbons (Fsp3) is 0.391. The highest BCUT2D eigenvalue weighted by atomic mass is 32.2. The number of nitrogens with one attached hydrogen (secondary N) is 1. The zero-order valence-electron chi connectivity index (χ0n) is 16.8. The molecule has 1 N–H and O–H groups in total. The Labute approximate surface area is 172 Å². The van der Waals surface area contributed by atoms with Crippen molar-refractivity contribution in [2.24, 2.45) is 0 Å². The second kappa shape index (κ2) is 12.2. The number of thioether (sulfide) groups is 1. The third-order valence-corrected chi connectivity index (χ3v) is 5.55. The van der Waals surface area contributed by atoms with E-state index < -0.39 is 6.04 Å². The molecule has 0 saturated heterocycles. The lowest BCUT2D eigenvalue weighted by atomic mass is 10.1. The Bertz CT molecular complexity index is 722. The Morgan fingerprint density at radius 2 is 1.57 bits per heavy atom. The molecular formula is C23H30N2O2S. The van der Waals surface area contributed by atoms with Crippen molar-refractivity contribution in [2.45, 2.75) is 38.5 Å². The van der Waals surface area contributed by atoms with E-state index in [-0.39, 0.29) is 11.8 Å². The molecule has 2 aromatic carbocycles. The quantitative estimate of drug-likeness (QED) is 0.624. The molecule has 0 aliphatic carbocycles. The molecule has 0 fully saturated rings. The number of carbonyl (C=O) groups excluding carboxylic acids is 2. The molecule has 0 aliphatic heterocycles. The van der Waals surface area contributed by atoms with Gasteiger partial charge in [-0.3, -0.25) is 9.59 Å². The maximum atomic E-state index is 13.0. The monoisotopic (exact) mass is 398 g/mol. The van der Waals surface area contributed by atoms with Crippen LogP contribution in [0.5, 0.6) is 0 Å². The van der Waals surface area contributed by atoms with Crippen LogP contribution in [0.3, 0.4) is 0 Å². The lowest BCUT2D eigenvalue weighted by molar-refractivity contribution is -0.138. The standard InChI is InChI=1S/C23H30N2O2S/c1-3-21(23(27)24-4-2)25(16-15-19-11-7-5-8-12-19)22(26)18-28-17-20-13-9-6-10-14-20/h5-14,21H,3-4,15-18H2,1-2H3,(H,24,27)/t21-/m1/s1. The summed E-state index contributed by atoms with van der Waals surface area (Å²) in [4.78, 5) is 27.3. The minimum absolute atomic E-state index is 0.0231. The summed E-state index contributed by atoms with van der Waals surface area (Å²) in [5.41, 5.74) is 2.37. The summed E-state index contributed by atoms with van der Waals surface area (Å²) < 4.78 is 0. The molecule has 2 rings (SSSR count). The van der Waals surface area contributed by atoms with Crippen molar-refractivity contribution >= 4 is 23.6 Å². The average Bonchev–Trinajstić information content (AvgIpc) is 2.72. The molecule has 2 aromatic rings. The first-order valence-corrected chi connectivity index (χ1v) is 11.0. The summed E-state index contributed by atoms with van der Waals surface area (Å²) in [6, 6.07) is 19.8. The molecule has 0 heterocycles. The van der Waals surface area contributed by atoms with Crippen LogP contribution < -0.4 is 5.32 Å². The lowest BCUT2D eigenvalue weighted by Crippen LogP contribution is -2.50. The van der Waals surface area contributed by atoms with E-state index in [1.807, 2.05) is 50.2 Å². The van der Waals surface area contributed by atoms with E-state index in [0.29, 0.717) is 25.3 Å². The molecule has 150 valence electrons. The van der Waals surface area contributed by atoms with Crippen LogP contribution in [0.1, 0.15) is 31.4 Å². The highest BCUT2D eigenvalue weighted by Crippen LogP contribution is 2.15. The number of carbonyl (C=O) groups is 2. The van der Waals surface area contributed by atoms with Crippen molar-refractivity contribution in [3.8, 4) is 0 Å². The SMILES string of the molecule is CCNC(=O)[C@@H](CC)N(CCc1ccccc1)C(=O)CSCc1ccccc1. The largest absolute Gasteiger partial charge is 0.355 e. The van der Waals surface area contributed by atoms with Gasteiger partial charge in [0.15, 0.2) is 0 Å². The van der Waals surface area contributed by atoms with E-state index in [1.54, 1.807) is 16.7 Å². The van der Waals surface area contributed by atoms with Crippen molar-refractivity contribution in [2.75, 3.05) is 18.8 Å². The molecule has 0 bridgehead atoms. The van der Waals surface area contributed by atoms with Gasteiger partial charge in [-0.05, 0) is 30.9 Å². The van der Waals surface area contributed by atoms with E-state index in [4.69, 9.17) is 0 Å². The molecule has 0 aliphatic rings. The highest BCUT2D eigenvalue weighted by molar-refractivity contribution is 7.99. The lowest BCUT2D eigenvalue weighted by Gasteiger charge is -2.30. The average molecular weight is 399 g/mol. The molecule has 0 saturated carbocycles. The zero-order valence-corrected chi connectivity index (χ0v) is 17.6. The van der Waals surface area contributed by atoms with Crippen LogP contribution >= 0.6 is 11.8 Å². The van der Waals surface area contributed by atoms with E-state index in [0.717, 1.165) is 12.2 Å². The summed E-state index contributed by atoms with van der Waals surface area (Å²) in [7, 11) is 0. The second-order valence-electron chi connectivity index (χ2n) is 6.62. The third-order valence-electron chi connectivity index (χ3n) is 4.56. The minimum Gasteiger partial charge on any atom is -0.355 e. The van der Waals surface area contributed by atoms with Crippen molar-refractivity contribution < 1.29 is 9.59 Å². The Morgan fingerprint density at radius 3 is 2.14 bits per heavy atom. The van der Waals surface area contributed by atoms with Gasteiger partial charge in [0.2, 0.25) is 11.8 Å². The Balaban J connectivity index is 2.02. The molecule has 5 heteroatoms. The summed E-state index contributed by atoms with van der Waals surface area (Å²) in [5.74, 6) is 1.12. The molecule has 0 aromatic heterocycles. The van der Waals surface area contributed by atoms with Crippen molar-refractivity contribution in [3.63, 3.8) is 0 Å². The van der Waals surface area contributed by atoms with Crippen LogP contribution in [0, 0.1) is 0 Å². The fourth-order valence-electron chi connectivity index (χ4n) is 3.10. The van der Waals surface area contributed by atoms with E-state index in [9.17, 15) is 9.59 Å². The molecule has 4 nitrogen and oxygen atoms in total. The first-order chi connectivity index (χ1) is 13.7. The van der Waals surface area contributed by atoms with Crippen molar-refractivity contribution in [1.29, 1.82) is 0 Å². The van der Waals surface area contributed by atoms with Crippen molar-refractivity contribution in [3.05, 3.63) is 71.8 Å². The van der Waals surface area contributed by atoms with Gasteiger partial charge in [-0.25, -0.2) is 0 Å². The molecule has 1 atom stereocenters. The maximum Gasteiger partial charge on any atom is 0.242 e. The van der Waals surface area contributed by atoms with Gasteiger partial charge < -0.3 is 10.2 Å².